The van der Waals surface area contributed by atoms with Crippen molar-refractivity contribution < 1.29 is 19.1 Å². The van der Waals surface area contributed by atoms with Gasteiger partial charge < -0.3 is 14.4 Å². The fraction of sp³-hybridized carbons (Fsp3) is 0.818. The lowest BCUT2D eigenvalue weighted by molar-refractivity contribution is -0.130. The summed E-state index contributed by atoms with van der Waals surface area (Å²) in [6, 6.07) is 0. The van der Waals surface area contributed by atoms with Crippen molar-refractivity contribution in [3.63, 3.8) is 0 Å². The van der Waals surface area contributed by atoms with Crippen molar-refractivity contribution in [1.29, 1.82) is 0 Å². The zero-order chi connectivity index (χ0) is 12.1. The van der Waals surface area contributed by atoms with E-state index < -0.39 is 6.16 Å². The van der Waals surface area contributed by atoms with Gasteiger partial charge in [0, 0.05) is 19.5 Å². The molecule has 2 atom stereocenters. The van der Waals surface area contributed by atoms with Gasteiger partial charge in [-0.25, -0.2) is 4.79 Å². The third kappa shape index (κ3) is 2.87. The monoisotopic (exact) mass is 229 g/mol. The van der Waals surface area contributed by atoms with Gasteiger partial charge in [-0.2, -0.15) is 0 Å². The first-order valence-electron chi connectivity index (χ1n) is 5.75. The summed E-state index contributed by atoms with van der Waals surface area (Å²) >= 11 is 0. The standard InChI is InChI=1S/C9H13NO4.C2H6/c1-10-3-2-6(8(10)11)4-7-5-13-9(12)14-7;1-2/h6-7H,2-5H2,1H3;1-2H3. The summed E-state index contributed by atoms with van der Waals surface area (Å²) < 4.78 is 9.53. The highest BCUT2D eigenvalue weighted by Gasteiger charge is 2.35. The van der Waals surface area contributed by atoms with Gasteiger partial charge in [0.15, 0.2) is 0 Å². The smallest absolute Gasteiger partial charge is 0.430 e. The Kier molecular flexibility index (Phi) is 4.58. The molecule has 2 heterocycles. The van der Waals surface area contributed by atoms with Gasteiger partial charge in [-0.15, -0.1) is 0 Å². The molecule has 5 nitrogen and oxygen atoms in total. The highest BCUT2D eigenvalue weighted by Crippen LogP contribution is 2.24. The number of carbonyl (C=O) groups is 2. The molecular formula is C11H19NO4. The van der Waals surface area contributed by atoms with E-state index in [1.165, 1.54) is 0 Å². The lowest BCUT2D eigenvalue weighted by atomic mass is 10.0. The molecule has 0 aromatic carbocycles. The molecule has 2 fully saturated rings. The summed E-state index contributed by atoms with van der Waals surface area (Å²) in [5, 5.41) is 0. The van der Waals surface area contributed by atoms with Crippen LogP contribution in [0.1, 0.15) is 26.7 Å². The van der Waals surface area contributed by atoms with Gasteiger partial charge in [0.2, 0.25) is 5.91 Å². The number of likely N-dealkylation sites (tertiary alicyclic amines) is 1. The van der Waals surface area contributed by atoms with Crippen LogP contribution in [-0.4, -0.2) is 43.3 Å². The van der Waals surface area contributed by atoms with E-state index in [0.717, 1.165) is 13.0 Å². The van der Waals surface area contributed by atoms with E-state index in [2.05, 4.69) is 4.74 Å². The summed E-state index contributed by atoms with van der Waals surface area (Å²) in [6.07, 6.45) is 0.593. The number of hydrogen-bond acceptors (Lipinski definition) is 4. The van der Waals surface area contributed by atoms with Gasteiger partial charge in [0.25, 0.3) is 0 Å². The van der Waals surface area contributed by atoms with Crippen molar-refractivity contribution in [3.8, 4) is 0 Å². The Bertz CT molecular complexity index is 267. The van der Waals surface area contributed by atoms with E-state index in [1.54, 1.807) is 11.9 Å². The molecular weight excluding hydrogens is 210 g/mol. The van der Waals surface area contributed by atoms with Crippen molar-refractivity contribution in [2.24, 2.45) is 5.92 Å². The number of rotatable bonds is 2. The second-order valence-corrected chi connectivity index (χ2v) is 3.78. The van der Waals surface area contributed by atoms with Crippen molar-refractivity contribution in [1.82, 2.24) is 4.90 Å². The fourth-order valence-electron chi connectivity index (χ4n) is 1.91. The Morgan fingerprint density at radius 3 is 2.50 bits per heavy atom. The Morgan fingerprint density at radius 2 is 2.06 bits per heavy atom. The molecule has 2 unspecified atom stereocenters. The maximum atomic E-state index is 11.5. The van der Waals surface area contributed by atoms with Crippen molar-refractivity contribution in [3.05, 3.63) is 0 Å². The van der Waals surface area contributed by atoms with Crippen LogP contribution >= 0.6 is 0 Å². The van der Waals surface area contributed by atoms with Crippen LogP contribution in [0.4, 0.5) is 4.79 Å². The summed E-state index contributed by atoms with van der Waals surface area (Å²) in [7, 11) is 1.79. The zero-order valence-corrected chi connectivity index (χ0v) is 10.1. The molecule has 0 spiro atoms. The number of carbonyl (C=O) groups excluding carboxylic acids is 2. The second-order valence-electron chi connectivity index (χ2n) is 3.78. The second kappa shape index (κ2) is 5.72. The average Bonchev–Trinajstić information content (AvgIpc) is 2.83. The number of ether oxygens (including phenoxy) is 2. The molecule has 16 heavy (non-hydrogen) atoms. The maximum Gasteiger partial charge on any atom is 0.508 e. The number of cyclic esters (lactones) is 2. The Hall–Kier alpha value is -1.26. The summed E-state index contributed by atoms with van der Waals surface area (Å²) in [4.78, 5) is 23.9. The summed E-state index contributed by atoms with van der Waals surface area (Å²) in [6.45, 7) is 5.08. The van der Waals surface area contributed by atoms with E-state index in [9.17, 15) is 9.59 Å². The van der Waals surface area contributed by atoms with Gasteiger partial charge in [0.1, 0.15) is 12.7 Å². The first-order valence-corrected chi connectivity index (χ1v) is 5.75. The van der Waals surface area contributed by atoms with Crippen LogP contribution in [0.25, 0.3) is 0 Å². The Balaban J connectivity index is 0.000000606. The number of amides is 1. The van der Waals surface area contributed by atoms with Crippen LogP contribution in [-0.2, 0) is 14.3 Å². The molecule has 0 N–H and O–H groups in total. The quantitative estimate of drug-likeness (QED) is 0.672. The van der Waals surface area contributed by atoms with E-state index in [1.807, 2.05) is 13.8 Å². The fourth-order valence-corrected chi connectivity index (χ4v) is 1.91. The normalized spacial score (nSPS) is 28.3. The summed E-state index contributed by atoms with van der Waals surface area (Å²) in [5.74, 6) is 0.146. The number of hydrogen-bond donors (Lipinski definition) is 0. The number of nitrogens with zero attached hydrogens (tertiary/aromatic N) is 1. The molecule has 5 heteroatoms. The molecule has 0 bridgehead atoms. The molecule has 92 valence electrons. The minimum Gasteiger partial charge on any atom is -0.430 e. The van der Waals surface area contributed by atoms with E-state index >= 15 is 0 Å². The van der Waals surface area contributed by atoms with Gasteiger partial charge in [-0.05, 0) is 12.8 Å². The highest BCUT2D eigenvalue weighted by molar-refractivity contribution is 5.80. The molecule has 0 aromatic heterocycles. The van der Waals surface area contributed by atoms with Crippen molar-refractivity contribution in [2.75, 3.05) is 20.2 Å². The molecule has 1 amide bonds. The molecule has 2 aliphatic heterocycles. The predicted octanol–water partition coefficient (Wildman–Crippen LogP) is 1.42. The minimum absolute atomic E-state index is 0.000463. The van der Waals surface area contributed by atoms with E-state index in [4.69, 9.17) is 4.74 Å². The lowest BCUT2D eigenvalue weighted by Gasteiger charge is -2.12. The van der Waals surface area contributed by atoms with E-state index in [-0.39, 0.29) is 24.5 Å². The van der Waals surface area contributed by atoms with Crippen LogP contribution in [0.2, 0.25) is 0 Å². The van der Waals surface area contributed by atoms with Gasteiger partial charge in [0.05, 0.1) is 0 Å². The first kappa shape index (κ1) is 12.8. The molecule has 2 saturated heterocycles. The third-order valence-electron chi connectivity index (χ3n) is 2.74. The summed E-state index contributed by atoms with van der Waals surface area (Å²) in [5.41, 5.74) is 0. The zero-order valence-electron chi connectivity index (χ0n) is 10.1. The SMILES string of the molecule is CC.CN1CCC(CC2COC(=O)O2)C1=O. The molecule has 0 radical (unpaired) electrons. The van der Waals surface area contributed by atoms with Gasteiger partial charge >= 0.3 is 6.16 Å². The van der Waals surface area contributed by atoms with Gasteiger partial charge in [-0.3, -0.25) is 4.79 Å². The molecule has 0 aliphatic carbocycles. The largest absolute Gasteiger partial charge is 0.508 e. The lowest BCUT2D eigenvalue weighted by Crippen LogP contribution is -2.25. The van der Waals surface area contributed by atoms with Crippen LogP contribution < -0.4 is 0 Å². The molecule has 0 aromatic rings. The van der Waals surface area contributed by atoms with Crippen LogP contribution in [0, 0.1) is 5.92 Å². The maximum absolute atomic E-state index is 11.5. The molecule has 0 saturated carbocycles. The first-order chi connectivity index (χ1) is 7.66. The van der Waals surface area contributed by atoms with Crippen LogP contribution in [0.3, 0.4) is 0 Å². The highest BCUT2D eigenvalue weighted by atomic mass is 16.8. The average molecular weight is 229 g/mol. The van der Waals surface area contributed by atoms with Crippen LogP contribution in [0.15, 0.2) is 0 Å². The topological polar surface area (TPSA) is 55.8 Å². The molecule has 2 aliphatic rings. The Morgan fingerprint density at radius 1 is 1.38 bits per heavy atom. The third-order valence-corrected chi connectivity index (χ3v) is 2.74. The van der Waals surface area contributed by atoms with Crippen molar-refractivity contribution >= 4 is 12.1 Å². The van der Waals surface area contributed by atoms with E-state index in [0.29, 0.717) is 6.42 Å². The predicted molar refractivity (Wildman–Crippen MR) is 57.9 cm³/mol. The molecule has 2 rings (SSSR count). The van der Waals surface area contributed by atoms with Crippen molar-refractivity contribution in [2.45, 2.75) is 32.8 Å². The minimum atomic E-state index is -0.617. The van der Waals surface area contributed by atoms with Gasteiger partial charge in [-0.1, -0.05) is 13.8 Å². The Labute approximate surface area is 95.7 Å². The van der Waals surface area contributed by atoms with Crippen LogP contribution in [0.5, 0.6) is 0 Å².